The molecule has 1 fully saturated rings. The third-order valence-corrected chi connectivity index (χ3v) is 3.32. The molecular formula is C14H14N4O. The highest BCUT2D eigenvalue weighted by Gasteiger charge is 2.20. The molecule has 1 aliphatic heterocycles. The molecule has 2 aromatic rings. The monoisotopic (exact) mass is 254 g/mol. The van der Waals surface area contributed by atoms with Crippen molar-refractivity contribution in [2.45, 2.75) is 25.3 Å². The number of rotatable bonds is 2. The number of piperidine rings is 1. The Balaban J connectivity index is 1.81. The van der Waals surface area contributed by atoms with E-state index in [9.17, 15) is 0 Å². The van der Waals surface area contributed by atoms with E-state index in [4.69, 9.17) is 9.78 Å². The maximum atomic E-state index is 8.76. The molecule has 0 saturated carbocycles. The smallest absolute Gasteiger partial charge is 0.257 e. The van der Waals surface area contributed by atoms with Crippen LogP contribution in [0.4, 0.5) is 0 Å². The van der Waals surface area contributed by atoms with E-state index < -0.39 is 0 Å². The van der Waals surface area contributed by atoms with Crippen molar-refractivity contribution in [3.63, 3.8) is 0 Å². The van der Waals surface area contributed by atoms with E-state index in [0.717, 1.165) is 24.4 Å². The zero-order chi connectivity index (χ0) is 13.1. The number of hydrogen-bond acceptors (Lipinski definition) is 5. The molecule has 0 radical (unpaired) electrons. The predicted octanol–water partition coefficient (Wildman–Crippen LogP) is 2.42. The Bertz CT molecular complexity index is 591. The molecule has 1 aliphatic rings. The molecule has 1 saturated heterocycles. The highest BCUT2D eigenvalue weighted by atomic mass is 16.5. The second kappa shape index (κ2) is 5.21. The van der Waals surface area contributed by atoms with Crippen molar-refractivity contribution in [1.29, 1.82) is 5.26 Å². The van der Waals surface area contributed by atoms with Crippen LogP contribution in [0.1, 0.15) is 36.7 Å². The maximum Gasteiger partial charge on any atom is 0.257 e. The van der Waals surface area contributed by atoms with Gasteiger partial charge in [-0.25, -0.2) is 0 Å². The first kappa shape index (κ1) is 11.9. The molecule has 0 spiro atoms. The Hall–Kier alpha value is -2.19. The van der Waals surface area contributed by atoms with Crippen LogP contribution >= 0.6 is 0 Å². The lowest BCUT2D eigenvalue weighted by Crippen LogP contribution is -2.27. The van der Waals surface area contributed by atoms with Crippen LogP contribution in [-0.2, 0) is 0 Å². The van der Waals surface area contributed by atoms with Crippen LogP contribution in [0.2, 0.25) is 0 Å². The number of nitrogens with one attached hydrogen (secondary N) is 1. The van der Waals surface area contributed by atoms with Gasteiger partial charge in [-0.3, -0.25) is 0 Å². The zero-order valence-corrected chi connectivity index (χ0v) is 10.5. The van der Waals surface area contributed by atoms with Gasteiger partial charge in [-0.05, 0) is 43.7 Å². The highest BCUT2D eigenvalue weighted by molar-refractivity contribution is 5.54. The minimum Gasteiger partial charge on any atom is -0.334 e. The lowest BCUT2D eigenvalue weighted by Gasteiger charge is -2.19. The fraction of sp³-hybridized carbons (Fsp3) is 0.357. The predicted molar refractivity (Wildman–Crippen MR) is 69.0 cm³/mol. The summed E-state index contributed by atoms with van der Waals surface area (Å²) in [6.07, 6.45) is 3.45. The van der Waals surface area contributed by atoms with Crippen molar-refractivity contribution in [1.82, 2.24) is 15.5 Å². The molecule has 5 heteroatoms. The van der Waals surface area contributed by atoms with Gasteiger partial charge in [0, 0.05) is 5.56 Å². The van der Waals surface area contributed by atoms with Crippen LogP contribution in [0.15, 0.2) is 28.8 Å². The minimum absolute atomic E-state index is 0.199. The van der Waals surface area contributed by atoms with Crippen molar-refractivity contribution >= 4 is 0 Å². The Morgan fingerprint density at radius 1 is 1.26 bits per heavy atom. The fourth-order valence-corrected chi connectivity index (χ4v) is 2.25. The number of hydrogen-bond donors (Lipinski definition) is 1. The van der Waals surface area contributed by atoms with E-state index in [0.29, 0.717) is 11.5 Å². The summed E-state index contributed by atoms with van der Waals surface area (Å²) in [6, 6.07) is 9.43. The van der Waals surface area contributed by atoms with Crippen LogP contribution in [0, 0.1) is 11.3 Å². The van der Waals surface area contributed by atoms with Gasteiger partial charge in [0.1, 0.15) is 0 Å². The molecule has 1 aromatic heterocycles. The molecule has 1 aromatic carbocycles. The second-order valence-corrected chi connectivity index (χ2v) is 4.65. The SMILES string of the molecule is N#Cc1ccc(-c2nc(C3CCCCN3)no2)cc1. The Kier molecular flexibility index (Phi) is 3.25. The molecule has 0 aliphatic carbocycles. The largest absolute Gasteiger partial charge is 0.334 e. The van der Waals surface area contributed by atoms with Crippen LogP contribution in [0.3, 0.4) is 0 Å². The number of aromatic nitrogens is 2. The van der Waals surface area contributed by atoms with E-state index in [1.54, 1.807) is 12.1 Å². The summed E-state index contributed by atoms with van der Waals surface area (Å²) in [4.78, 5) is 4.44. The van der Waals surface area contributed by atoms with Gasteiger partial charge in [-0.2, -0.15) is 10.2 Å². The van der Waals surface area contributed by atoms with Crippen LogP contribution < -0.4 is 5.32 Å². The normalized spacial score (nSPS) is 19.0. The second-order valence-electron chi connectivity index (χ2n) is 4.65. The molecule has 0 amide bonds. The molecule has 19 heavy (non-hydrogen) atoms. The van der Waals surface area contributed by atoms with Crippen LogP contribution in [0.25, 0.3) is 11.5 Å². The van der Waals surface area contributed by atoms with Gasteiger partial charge >= 0.3 is 0 Å². The van der Waals surface area contributed by atoms with Gasteiger partial charge in [0.15, 0.2) is 5.82 Å². The van der Waals surface area contributed by atoms with Crippen molar-refractivity contribution in [2.75, 3.05) is 6.54 Å². The Morgan fingerprint density at radius 2 is 2.11 bits per heavy atom. The van der Waals surface area contributed by atoms with E-state index in [-0.39, 0.29) is 6.04 Å². The lowest BCUT2D eigenvalue weighted by molar-refractivity contribution is 0.367. The number of nitriles is 1. The van der Waals surface area contributed by atoms with Crippen molar-refractivity contribution < 1.29 is 4.52 Å². The van der Waals surface area contributed by atoms with E-state index in [1.165, 1.54) is 12.8 Å². The quantitative estimate of drug-likeness (QED) is 0.890. The van der Waals surface area contributed by atoms with E-state index in [2.05, 4.69) is 21.5 Å². The van der Waals surface area contributed by atoms with Gasteiger partial charge in [-0.15, -0.1) is 0 Å². The third-order valence-electron chi connectivity index (χ3n) is 3.32. The van der Waals surface area contributed by atoms with Crippen LogP contribution in [-0.4, -0.2) is 16.7 Å². The van der Waals surface area contributed by atoms with Crippen molar-refractivity contribution in [3.8, 4) is 17.5 Å². The van der Waals surface area contributed by atoms with Gasteiger partial charge in [0.05, 0.1) is 17.7 Å². The minimum atomic E-state index is 0.199. The van der Waals surface area contributed by atoms with Crippen molar-refractivity contribution in [2.24, 2.45) is 0 Å². The Morgan fingerprint density at radius 3 is 2.79 bits per heavy atom. The summed E-state index contributed by atoms with van der Waals surface area (Å²) < 4.78 is 5.29. The molecular weight excluding hydrogens is 240 g/mol. The lowest BCUT2D eigenvalue weighted by atomic mass is 10.0. The molecule has 1 atom stereocenters. The first-order valence-corrected chi connectivity index (χ1v) is 6.44. The summed E-state index contributed by atoms with van der Waals surface area (Å²) in [6.45, 7) is 1.01. The Labute approximate surface area is 111 Å². The fourth-order valence-electron chi connectivity index (χ4n) is 2.25. The first-order chi connectivity index (χ1) is 9.36. The van der Waals surface area contributed by atoms with Gasteiger partial charge in [0.25, 0.3) is 5.89 Å². The molecule has 3 rings (SSSR count). The molecule has 1 N–H and O–H groups in total. The summed E-state index contributed by atoms with van der Waals surface area (Å²) in [7, 11) is 0. The summed E-state index contributed by atoms with van der Waals surface area (Å²) in [5, 5.41) is 16.2. The van der Waals surface area contributed by atoms with Crippen molar-refractivity contribution in [3.05, 3.63) is 35.7 Å². The summed E-state index contributed by atoms with van der Waals surface area (Å²) >= 11 is 0. The average Bonchev–Trinajstić information content (AvgIpc) is 2.98. The van der Waals surface area contributed by atoms with Gasteiger partial charge in [-0.1, -0.05) is 11.6 Å². The standard InChI is InChI=1S/C14H14N4O/c15-9-10-4-6-11(7-5-10)14-17-13(18-19-14)12-3-1-2-8-16-12/h4-7,12,16H,1-3,8H2. The molecule has 1 unspecified atom stereocenters. The summed E-state index contributed by atoms with van der Waals surface area (Å²) in [5.74, 6) is 1.23. The summed E-state index contributed by atoms with van der Waals surface area (Å²) in [5.41, 5.74) is 1.46. The molecule has 5 nitrogen and oxygen atoms in total. The molecule has 2 heterocycles. The average molecular weight is 254 g/mol. The van der Waals surface area contributed by atoms with Gasteiger partial charge in [0.2, 0.25) is 0 Å². The molecule has 0 bridgehead atoms. The van der Waals surface area contributed by atoms with E-state index in [1.807, 2.05) is 12.1 Å². The molecule has 96 valence electrons. The number of benzene rings is 1. The first-order valence-electron chi connectivity index (χ1n) is 6.44. The topological polar surface area (TPSA) is 74.7 Å². The number of nitrogens with zero attached hydrogens (tertiary/aromatic N) is 3. The van der Waals surface area contributed by atoms with Gasteiger partial charge < -0.3 is 9.84 Å². The third kappa shape index (κ3) is 2.49. The highest BCUT2D eigenvalue weighted by Crippen LogP contribution is 2.24. The van der Waals surface area contributed by atoms with Crippen LogP contribution in [0.5, 0.6) is 0 Å². The maximum absolute atomic E-state index is 8.76. The zero-order valence-electron chi connectivity index (χ0n) is 10.5. The van der Waals surface area contributed by atoms with E-state index >= 15 is 0 Å².